The van der Waals surface area contributed by atoms with Crippen molar-refractivity contribution in [3.05, 3.63) is 71.3 Å². The van der Waals surface area contributed by atoms with Gasteiger partial charge in [0.2, 0.25) is 6.10 Å². The van der Waals surface area contributed by atoms with Gasteiger partial charge >= 0.3 is 11.9 Å². The van der Waals surface area contributed by atoms with E-state index in [0.29, 0.717) is 27.6 Å². The Labute approximate surface area is 191 Å². The number of hydrogen-bond donors (Lipinski definition) is 1. The zero-order valence-corrected chi connectivity index (χ0v) is 18.8. The van der Waals surface area contributed by atoms with Crippen LogP contribution in [0.4, 0.5) is 5.69 Å². The Kier molecular flexibility index (Phi) is 6.60. The molecule has 168 valence electrons. The minimum absolute atomic E-state index is 0.142. The van der Waals surface area contributed by atoms with Gasteiger partial charge in [-0.3, -0.25) is 9.59 Å². The molecule has 1 N–H and O–H groups in total. The minimum Gasteiger partial charge on any atom is -0.497 e. The van der Waals surface area contributed by atoms with E-state index in [4.69, 9.17) is 21.1 Å². The van der Waals surface area contributed by atoms with Crippen molar-refractivity contribution in [2.24, 2.45) is 0 Å². The highest BCUT2D eigenvalue weighted by Crippen LogP contribution is 2.52. The predicted octanol–water partition coefficient (Wildman–Crippen LogP) is 4.23. The van der Waals surface area contributed by atoms with Crippen molar-refractivity contribution >= 4 is 35.1 Å². The van der Waals surface area contributed by atoms with Crippen LogP contribution in [0, 0.1) is 0 Å². The number of fused-ring (bicyclic) bond motifs is 1. The molecule has 0 fully saturated rings. The molecule has 0 aromatic heterocycles. The van der Waals surface area contributed by atoms with Gasteiger partial charge in [-0.05, 0) is 61.4 Å². The molecule has 3 rings (SSSR count). The van der Waals surface area contributed by atoms with Gasteiger partial charge in [-0.2, -0.15) is 0 Å². The molecule has 2 aromatic rings. The number of aliphatic carboxylic acids is 1. The Hall–Kier alpha value is -3.32. The van der Waals surface area contributed by atoms with Crippen LogP contribution in [-0.4, -0.2) is 42.2 Å². The normalized spacial score (nSPS) is 20.2. The molecule has 7 nitrogen and oxygen atoms in total. The zero-order valence-electron chi connectivity index (χ0n) is 18.0. The number of ether oxygens (including phenoxy) is 2. The van der Waals surface area contributed by atoms with Crippen LogP contribution in [0.3, 0.4) is 0 Å². The maximum absolute atomic E-state index is 13.6. The lowest BCUT2D eigenvalue weighted by molar-refractivity contribution is -0.168. The van der Waals surface area contributed by atoms with Gasteiger partial charge in [-0.15, -0.1) is 6.58 Å². The molecule has 1 aliphatic heterocycles. The third kappa shape index (κ3) is 3.84. The molecule has 3 unspecified atom stereocenters. The van der Waals surface area contributed by atoms with Gasteiger partial charge < -0.3 is 19.5 Å². The standard InChI is InChI=1S/C24H24ClNO6/c1-5-12-24(21(23(29)30)32-15(3)27)14(2)26(20-11-10-18(31-4)13-19(20)24)22(28)16-6-8-17(25)9-7-16/h5-11,13-14,21H,1,12H2,2-4H3,(H,29,30). The summed E-state index contributed by atoms with van der Waals surface area (Å²) in [5.41, 5.74) is 0.140. The topological polar surface area (TPSA) is 93.1 Å². The van der Waals surface area contributed by atoms with Crippen molar-refractivity contribution < 1.29 is 29.0 Å². The molecular formula is C24H24ClNO6. The highest BCUT2D eigenvalue weighted by molar-refractivity contribution is 6.30. The van der Waals surface area contributed by atoms with Gasteiger partial charge in [0.15, 0.2) is 0 Å². The van der Waals surface area contributed by atoms with Crippen LogP contribution in [0.5, 0.6) is 5.75 Å². The second-order valence-electron chi connectivity index (χ2n) is 7.60. The molecule has 32 heavy (non-hydrogen) atoms. The van der Waals surface area contributed by atoms with Crippen molar-refractivity contribution in [3.63, 3.8) is 0 Å². The van der Waals surface area contributed by atoms with E-state index >= 15 is 0 Å². The predicted molar refractivity (Wildman–Crippen MR) is 120 cm³/mol. The van der Waals surface area contributed by atoms with Crippen molar-refractivity contribution in [3.8, 4) is 5.75 Å². The molecular weight excluding hydrogens is 434 g/mol. The van der Waals surface area contributed by atoms with Gasteiger partial charge in [0.1, 0.15) is 5.75 Å². The fourth-order valence-electron chi connectivity index (χ4n) is 4.43. The number of nitrogens with zero attached hydrogens (tertiary/aromatic N) is 1. The first-order valence-electron chi connectivity index (χ1n) is 9.96. The summed E-state index contributed by atoms with van der Waals surface area (Å²) in [5, 5.41) is 10.5. The molecule has 2 aromatic carbocycles. The summed E-state index contributed by atoms with van der Waals surface area (Å²) < 4.78 is 10.7. The second-order valence-corrected chi connectivity index (χ2v) is 8.04. The monoisotopic (exact) mass is 457 g/mol. The van der Waals surface area contributed by atoms with E-state index in [1.165, 1.54) is 12.0 Å². The molecule has 0 saturated heterocycles. The number of carbonyl (C=O) groups excluding carboxylic acids is 2. The molecule has 1 heterocycles. The second kappa shape index (κ2) is 9.04. The van der Waals surface area contributed by atoms with Crippen molar-refractivity contribution in [1.29, 1.82) is 0 Å². The fourth-order valence-corrected chi connectivity index (χ4v) is 4.56. The molecule has 8 heteroatoms. The van der Waals surface area contributed by atoms with Gasteiger partial charge in [-0.1, -0.05) is 17.7 Å². The molecule has 0 aliphatic carbocycles. The van der Waals surface area contributed by atoms with Crippen LogP contribution in [0.15, 0.2) is 55.1 Å². The van der Waals surface area contributed by atoms with E-state index in [1.54, 1.807) is 55.5 Å². The first kappa shape index (κ1) is 23.3. The lowest BCUT2D eigenvalue weighted by Crippen LogP contribution is -2.55. The number of amides is 1. The van der Waals surface area contributed by atoms with Crippen molar-refractivity contribution in [2.75, 3.05) is 12.0 Å². The third-order valence-electron chi connectivity index (χ3n) is 5.87. The fraction of sp³-hybridized carbons (Fsp3) is 0.292. The number of allylic oxidation sites excluding steroid dienone is 1. The van der Waals surface area contributed by atoms with Gasteiger partial charge in [0.25, 0.3) is 5.91 Å². The van der Waals surface area contributed by atoms with Crippen molar-refractivity contribution in [2.45, 2.75) is 37.8 Å². The van der Waals surface area contributed by atoms with E-state index in [9.17, 15) is 19.5 Å². The van der Waals surface area contributed by atoms with Crippen LogP contribution in [0.2, 0.25) is 5.02 Å². The Bertz CT molecular complexity index is 1070. The van der Waals surface area contributed by atoms with E-state index in [0.717, 1.165) is 6.92 Å². The number of rotatable bonds is 7. The van der Waals surface area contributed by atoms with Gasteiger partial charge in [0, 0.05) is 29.2 Å². The number of carboxylic acid groups (broad SMARTS) is 1. The summed E-state index contributed by atoms with van der Waals surface area (Å²) in [6.07, 6.45) is 0.153. The minimum atomic E-state index is -1.55. The average Bonchev–Trinajstić information content (AvgIpc) is 3.00. The third-order valence-corrected chi connectivity index (χ3v) is 6.12. The number of carbonyl (C=O) groups is 3. The van der Waals surface area contributed by atoms with Gasteiger partial charge in [-0.25, -0.2) is 4.79 Å². The Morgan fingerprint density at radius 2 is 1.91 bits per heavy atom. The van der Waals surface area contributed by atoms with Gasteiger partial charge in [0.05, 0.1) is 12.5 Å². The summed E-state index contributed by atoms with van der Waals surface area (Å²) in [6.45, 7) is 6.69. The molecule has 1 aliphatic rings. The number of methoxy groups -OCH3 is 1. The number of benzene rings is 2. The maximum Gasteiger partial charge on any atom is 0.346 e. The highest BCUT2D eigenvalue weighted by Gasteiger charge is 2.58. The van der Waals surface area contributed by atoms with Crippen LogP contribution in [-0.2, 0) is 19.7 Å². The maximum atomic E-state index is 13.6. The molecule has 1 amide bonds. The van der Waals surface area contributed by atoms with Crippen LogP contribution in [0.25, 0.3) is 0 Å². The number of halogens is 1. The van der Waals surface area contributed by atoms with E-state index in [-0.39, 0.29) is 12.3 Å². The number of hydrogen-bond acceptors (Lipinski definition) is 5. The quantitative estimate of drug-likeness (QED) is 0.494. The summed E-state index contributed by atoms with van der Waals surface area (Å²) in [6, 6.07) is 10.8. The number of anilines is 1. The Morgan fingerprint density at radius 3 is 2.44 bits per heavy atom. The van der Waals surface area contributed by atoms with Crippen molar-refractivity contribution in [1.82, 2.24) is 0 Å². The number of carboxylic acids is 1. The SMILES string of the molecule is C=CCC1(C(OC(C)=O)C(=O)O)c2cc(OC)ccc2N(C(=O)c2ccc(Cl)cc2)C1C. The number of esters is 1. The largest absolute Gasteiger partial charge is 0.497 e. The first-order valence-corrected chi connectivity index (χ1v) is 10.3. The summed E-state index contributed by atoms with van der Waals surface area (Å²) in [4.78, 5) is 39.3. The Morgan fingerprint density at radius 1 is 1.25 bits per heavy atom. The smallest absolute Gasteiger partial charge is 0.346 e. The lowest BCUT2D eigenvalue weighted by atomic mass is 9.69. The molecule has 0 spiro atoms. The molecule has 0 radical (unpaired) electrons. The summed E-state index contributed by atoms with van der Waals surface area (Å²) in [7, 11) is 1.49. The average molecular weight is 458 g/mol. The summed E-state index contributed by atoms with van der Waals surface area (Å²) in [5.74, 6) is -1.90. The summed E-state index contributed by atoms with van der Waals surface area (Å²) >= 11 is 5.97. The molecule has 0 saturated carbocycles. The molecule has 3 atom stereocenters. The molecule has 0 bridgehead atoms. The first-order chi connectivity index (χ1) is 15.2. The van der Waals surface area contributed by atoms with Crippen LogP contribution < -0.4 is 9.64 Å². The van der Waals surface area contributed by atoms with E-state index in [1.807, 2.05) is 0 Å². The Balaban J connectivity index is 2.27. The van der Waals surface area contributed by atoms with E-state index in [2.05, 4.69) is 6.58 Å². The zero-order chi connectivity index (χ0) is 23.6. The highest BCUT2D eigenvalue weighted by atomic mass is 35.5. The van der Waals surface area contributed by atoms with Crippen LogP contribution >= 0.6 is 11.6 Å². The van der Waals surface area contributed by atoms with E-state index < -0.39 is 29.5 Å². The van der Waals surface area contributed by atoms with Crippen LogP contribution in [0.1, 0.15) is 36.2 Å². The lowest BCUT2D eigenvalue weighted by Gasteiger charge is -2.39.